The SMILES string of the molecule is C=CCN(Cc1ccc(CN)o1)C(C)C. The molecule has 0 spiro atoms. The van der Waals surface area contributed by atoms with Crippen molar-refractivity contribution in [1.29, 1.82) is 0 Å². The van der Waals surface area contributed by atoms with E-state index in [0.717, 1.165) is 24.6 Å². The lowest BCUT2D eigenvalue weighted by Gasteiger charge is -2.23. The van der Waals surface area contributed by atoms with Gasteiger partial charge in [0.1, 0.15) is 11.5 Å². The van der Waals surface area contributed by atoms with E-state index < -0.39 is 0 Å². The molecule has 15 heavy (non-hydrogen) atoms. The van der Waals surface area contributed by atoms with Gasteiger partial charge in [0.15, 0.2) is 0 Å². The molecule has 0 saturated carbocycles. The Morgan fingerprint density at radius 2 is 2.13 bits per heavy atom. The Labute approximate surface area is 91.6 Å². The average molecular weight is 208 g/mol. The lowest BCUT2D eigenvalue weighted by Crippen LogP contribution is -2.30. The molecule has 0 fully saturated rings. The van der Waals surface area contributed by atoms with E-state index in [2.05, 4.69) is 25.3 Å². The Bertz CT molecular complexity index is 304. The minimum Gasteiger partial charge on any atom is -0.463 e. The lowest BCUT2D eigenvalue weighted by molar-refractivity contribution is 0.216. The molecule has 2 N–H and O–H groups in total. The number of hydrogen-bond acceptors (Lipinski definition) is 3. The van der Waals surface area contributed by atoms with Crippen molar-refractivity contribution in [3.63, 3.8) is 0 Å². The van der Waals surface area contributed by atoms with Crippen LogP contribution >= 0.6 is 0 Å². The molecule has 0 saturated heterocycles. The van der Waals surface area contributed by atoms with Crippen molar-refractivity contribution in [2.45, 2.75) is 33.0 Å². The zero-order valence-corrected chi connectivity index (χ0v) is 9.57. The van der Waals surface area contributed by atoms with Gasteiger partial charge in [0.2, 0.25) is 0 Å². The summed E-state index contributed by atoms with van der Waals surface area (Å²) >= 11 is 0. The van der Waals surface area contributed by atoms with Crippen molar-refractivity contribution >= 4 is 0 Å². The van der Waals surface area contributed by atoms with E-state index in [1.807, 2.05) is 18.2 Å². The van der Waals surface area contributed by atoms with Gasteiger partial charge in [-0.25, -0.2) is 0 Å². The van der Waals surface area contributed by atoms with Gasteiger partial charge < -0.3 is 10.2 Å². The molecule has 1 rings (SSSR count). The summed E-state index contributed by atoms with van der Waals surface area (Å²) in [4.78, 5) is 2.28. The Morgan fingerprint density at radius 1 is 1.47 bits per heavy atom. The van der Waals surface area contributed by atoms with Crippen molar-refractivity contribution in [3.8, 4) is 0 Å². The normalized spacial score (nSPS) is 11.3. The third kappa shape index (κ3) is 3.53. The summed E-state index contributed by atoms with van der Waals surface area (Å²) < 4.78 is 5.56. The van der Waals surface area contributed by atoms with Crippen LogP contribution in [-0.2, 0) is 13.1 Å². The molecule has 1 heterocycles. The van der Waals surface area contributed by atoms with Crippen molar-refractivity contribution in [3.05, 3.63) is 36.3 Å². The Hall–Kier alpha value is -1.06. The van der Waals surface area contributed by atoms with Crippen molar-refractivity contribution in [2.24, 2.45) is 5.73 Å². The molecule has 0 aliphatic carbocycles. The van der Waals surface area contributed by atoms with Gasteiger partial charge in [-0.2, -0.15) is 0 Å². The van der Waals surface area contributed by atoms with E-state index in [9.17, 15) is 0 Å². The number of furan rings is 1. The first-order valence-corrected chi connectivity index (χ1v) is 5.30. The molecule has 0 atom stereocenters. The monoisotopic (exact) mass is 208 g/mol. The van der Waals surface area contributed by atoms with Crippen LogP contribution in [0.5, 0.6) is 0 Å². The fraction of sp³-hybridized carbons (Fsp3) is 0.500. The van der Waals surface area contributed by atoms with E-state index in [0.29, 0.717) is 12.6 Å². The summed E-state index contributed by atoms with van der Waals surface area (Å²) in [7, 11) is 0. The number of hydrogen-bond donors (Lipinski definition) is 1. The molecule has 3 heteroatoms. The Kier molecular flexibility index (Phi) is 4.59. The maximum atomic E-state index is 5.56. The molecule has 0 amide bonds. The van der Waals surface area contributed by atoms with Crippen LogP contribution in [0.1, 0.15) is 25.4 Å². The second-order valence-electron chi connectivity index (χ2n) is 3.88. The van der Waals surface area contributed by atoms with Crippen LogP contribution in [0.15, 0.2) is 29.2 Å². The predicted octanol–water partition coefficient (Wildman–Crippen LogP) is 2.13. The van der Waals surface area contributed by atoms with Crippen LogP contribution in [0.4, 0.5) is 0 Å². The molecule has 0 bridgehead atoms. The second kappa shape index (κ2) is 5.73. The summed E-state index contributed by atoms with van der Waals surface area (Å²) in [5.74, 6) is 1.80. The molecular weight excluding hydrogens is 188 g/mol. The smallest absolute Gasteiger partial charge is 0.118 e. The van der Waals surface area contributed by atoms with Crippen LogP contribution in [0.25, 0.3) is 0 Å². The molecular formula is C12H20N2O. The van der Waals surface area contributed by atoms with Gasteiger partial charge in [-0.05, 0) is 26.0 Å². The van der Waals surface area contributed by atoms with Crippen LogP contribution in [0, 0.1) is 0 Å². The van der Waals surface area contributed by atoms with Gasteiger partial charge >= 0.3 is 0 Å². The fourth-order valence-corrected chi connectivity index (χ4v) is 1.44. The van der Waals surface area contributed by atoms with Crippen LogP contribution in [0.2, 0.25) is 0 Å². The van der Waals surface area contributed by atoms with E-state index in [1.165, 1.54) is 0 Å². The van der Waals surface area contributed by atoms with Gasteiger partial charge in [0.05, 0.1) is 13.1 Å². The minimum atomic E-state index is 0.461. The van der Waals surface area contributed by atoms with Gasteiger partial charge in [0.25, 0.3) is 0 Å². The van der Waals surface area contributed by atoms with Crippen LogP contribution in [-0.4, -0.2) is 17.5 Å². The molecule has 1 aromatic rings. The quantitative estimate of drug-likeness (QED) is 0.728. The van der Waals surface area contributed by atoms with Gasteiger partial charge in [-0.3, -0.25) is 4.90 Å². The average Bonchev–Trinajstić information content (AvgIpc) is 2.65. The van der Waals surface area contributed by atoms with E-state index in [4.69, 9.17) is 10.2 Å². The lowest BCUT2D eigenvalue weighted by atomic mass is 10.3. The summed E-state index contributed by atoms with van der Waals surface area (Å²) in [5, 5.41) is 0. The summed E-state index contributed by atoms with van der Waals surface area (Å²) in [6.45, 7) is 10.2. The number of nitrogens with two attached hydrogens (primary N) is 1. The standard InChI is InChI=1S/C12H20N2O/c1-4-7-14(10(2)3)9-12-6-5-11(8-13)15-12/h4-6,10H,1,7-9,13H2,2-3H3. The molecule has 0 aliphatic heterocycles. The second-order valence-corrected chi connectivity index (χ2v) is 3.88. The zero-order valence-electron chi connectivity index (χ0n) is 9.57. The summed E-state index contributed by atoms with van der Waals surface area (Å²) in [5.41, 5.74) is 5.49. The van der Waals surface area contributed by atoms with Gasteiger partial charge in [-0.1, -0.05) is 6.08 Å². The molecule has 3 nitrogen and oxygen atoms in total. The first kappa shape index (κ1) is 12.0. The fourth-order valence-electron chi connectivity index (χ4n) is 1.44. The Balaban J connectivity index is 2.60. The third-order valence-electron chi connectivity index (χ3n) is 2.37. The highest BCUT2D eigenvalue weighted by molar-refractivity contribution is 5.07. The zero-order chi connectivity index (χ0) is 11.3. The number of rotatable bonds is 6. The van der Waals surface area contributed by atoms with E-state index in [-0.39, 0.29) is 0 Å². The summed E-state index contributed by atoms with van der Waals surface area (Å²) in [6, 6.07) is 4.40. The molecule has 0 aromatic carbocycles. The first-order valence-electron chi connectivity index (χ1n) is 5.30. The maximum absolute atomic E-state index is 5.56. The van der Waals surface area contributed by atoms with Gasteiger partial charge in [-0.15, -0.1) is 6.58 Å². The van der Waals surface area contributed by atoms with Gasteiger partial charge in [0, 0.05) is 12.6 Å². The minimum absolute atomic E-state index is 0.461. The van der Waals surface area contributed by atoms with Crippen molar-refractivity contribution in [2.75, 3.05) is 6.54 Å². The number of nitrogens with zero attached hydrogens (tertiary/aromatic N) is 1. The Morgan fingerprint density at radius 3 is 2.60 bits per heavy atom. The summed E-state index contributed by atoms with van der Waals surface area (Å²) in [6.07, 6.45) is 1.91. The third-order valence-corrected chi connectivity index (χ3v) is 2.37. The highest BCUT2D eigenvalue weighted by atomic mass is 16.3. The highest BCUT2D eigenvalue weighted by Gasteiger charge is 2.10. The van der Waals surface area contributed by atoms with E-state index >= 15 is 0 Å². The predicted molar refractivity (Wildman–Crippen MR) is 62.3 cm³/mol. The van der Waals surface area contributed by atoms with E-state index in [1.54, 1.807) is 0 Å². The largest absolute Gasteiger partial charge is 0.463 e. The first-order chi connectivity index (χ1) is 7.17. The van der Waals surface area contributed by atoms with Crippen molar-refractivity contribution < 1.29 is 4.42 Å². The van der Waals surface area contributed by atoms with Crippen molar-refractivity contribution in [1.82, 2.24) is 4.90 Å². The molecule has 1 aromatic heterocycles. The molecule has 0 unspecified atom stereocenters. The van der Waals surface area contributed by atoms with Crippen LogP contribution in [0.3, 0.4) is 0 Å². The van der Waals surface area contributed by atoms with Crippen LogP contribution < -0.4 is 5.73 Å². The highest BCUT2D eigenvalue weighted by Crippen LogP contribution is 2.12. The topological polar surface area (TPSA) is 42.4 Å². The molecule has 84 valence electrons. The molecule has 0 radical (unpaired) electrons. The maximum Gasteiger partial charge on any atom is 0.118 e. The molecule has 0 aliphatic rings.